The number of rotatable bonds is 1. The molecule has 2 rings (SSSR count). The van der Waals surface area contributed by atoms with Crippen LogP contribution in [0.2, 0.25) is 0 Å². The van der Waals surface area contributed by atoms with E-state index >= 15 is 0 Å². The number of methoxy groups -OCH3 is 1. The molecule has 1 aromatic heterocycles. The van der Waals surface area contributed by atoms with Gasteiger partial charge in [0.15, 0.2) is 0 Å². The lowest BCUT2D eigenvalue weighted by Crippen LogP contribution is -1.76. The Hall–Kier alpha value is -1.61. The van der Waals surface area contributed by atoms with Crippen LogP contribution in [0.5, 0.6) is 0 Å². The number of fused-ring (bicyclic) bond motifs is 1. The summed E-state index contributed by atoms with van der Waals surface area (Å²) < 4.78 is 4.25. The highest BCUT2D eigenvalue weighted by Gasteiger charge is 1.93. The van der Waals surface area contributed by atoms with Crippen molar-refractivity contribution in [3.05, 3.63) is 36.0 Å². The molecule has 1 aromatic carbocycles. The summed E-state index contributed by atoms with van der Waals surface area (Å²) in [4.78, 5) is 13.4. The van der Waals surface area contributed by atoms with E-state index in [0.29, 0.717) is 0 Å². The van der Waals surface area contributed by atoms with Gasteiger partial charge in [0.2, 0.25) is 0 Å². The predicted octanol–water partition coefficient (Wildman–Crippen LogP) is 3.27. The van der Waals surface area contributed by atoms with Crippen LogP contribution in [0.15, 0.2) is 30.5 Å². The number of hydrogen-bond donors (Lipinski definition) is 1. The fourth-order valence-corrected chi connectivity index (χ4v) is 1.15. The quantitative estimate of drug-likeness (QED) is 0.751. The van der Waals surface area contributed by atoms with Gasteiger partial charge >= 0.3 is 0 Å². The molecule has 3 nitrogen and oxygen atoms in total. The highest BCUT2D eigenvalue weighted by Crippen LogP contribution is 2.12. The molecule has 88 valence electrons. The Balaban J connectivity index is 0.000000394. The fourth-order valence-electron chi connectivity index (χ4n) is 1.15. The maximum atomic E-state index is 10.4. The number of benzene rings is 1. The van der Waals surface area contributed by atoms with Crippen molar-refractivity contribution in [3.8, 4) is 0 Å². The first-order valence-electron chi connectivity index (χ1n) is 5.24. The molecule has 0 fully saturated rings. The first-order chi connectivity index (χ1) is 7.81. The Labute approximate surface area is 96.4 Å². The zero-order valence-electron chi connectivity index (χ0n) is 10.3. The van der Waals surface area contributed by atoms with Crippen LogP contribution >= 0.6 is 0 Å². The van der Waals surface area contributed by atoms with E-state index in [9.17, 15) is 4.79 Å². The van der Waals surface area contributed by atoms with Crippen LogP contribution in [-0.4, -0.2) is 25.5 Å². The molecule has 0 atom stereocenters. The molecule has 16 heavy (non-hydrogen) atoms. The van der Waals surface area contributed by atoms with Gasteiger partial charge in [0.25, 0.3) is 0 Å². The molecule has 0 aliphatic carbocycles. The summed E-state index contributed by atoms with van der Waals surface area (Å²) in [6, 6.07) is 7.51. The van der Waals surface area contributed by atoms with E-state index < -0.39 is 0 Å². The summed E-state index contributed by atoms with van der Waals surface area (Å²) in [5, 5.41) is 1.08. The van der Waals surface area contributed by atoms with Gasteiger partial charge in [0.1, 0.15) is 6.29 Å². The summed E-state index contributed by atoms with van der Waals surface area (Å²) in [5.41, 5.74) is 1.78. The molecule has 0 saturated carbocycles. The molecule has 0 aliphatic heterocycles. The van der Waals surface area contributed by atoms with Crippen molar-refractivity contribution in [2.24, 2.45) is 0 Å². The number of H-pyrrole nitrogens is 1. The third-order valence-electron chi connectivity index (χ3n) is 1.71. The van der Waals surface area contributed by atoms with Gasteiger partial charge in [-0.3, -0.25) is 4.79 Å². The van der Waals surface area contributed by atoms with Crippen molar-refractivity contribution in [2.45, 2.75) is 13.8 Å². The minimum atomic E-state index is 0.720. The van der Waals surface area contributed by atoms with Crippen LogP contribution < -0.4 is 0 Å². The van der Waals surface area contributed by atoms with Gasteiger partial charge in [0.05, 0.1) is 0 Å². The minimum absolute atomic E-state index is 0.720. The number of hydrogen-bond acceptors (Lipinski definition) is 2. The van der Waals surface area contributed by atoms with Gasteiger partial charge in [-0.1, -0.05) is 13.8 Å². The first-order valence-corrected chi connectivity index (χ1v) is 5.24. The summed E-state index contributed by atoms with van der Waals surface area (Å²) in [6.07, 6.45) is 2.71. The lowest BCUT2D eigenvalue weighted by molar-refractivity contribution is 0.112. The average Bonchev–Trinajstić information content (AvgIpc) is 2.79. The van der Waals surface area contributed by atoms with E-state index in [2.05, 4.69) is 9.72 Å². The maximum absolute atomic E-state index is 10.4. The van der Waals surface area contributed by atoms with Crippen molar-refractivity contribution < 1.29 is 9.53 Å². The predicted molar refractivity (Wildman–Crippen MR) is 68.0 cm³/mol. The zero-order chi connectivity index (χ0) is 12.4. The average molecular weight is 221 g/mol. The summed E-state index contributed by atoms with van der Waals surface area (Å²) in [6.45, 7) is 4.00. The Morgan fingerprint density at radius 3 is 2.38 bits per heavy atom. The van der Waals surface area contributed by atoms with Crippen molar-refractivity contribution in [3.63, 3.8) is 0 Å². The van der Waals surface area contributed by atoms with E-state index in [4.69, 9.17) is 0 Å². The highest BCUT2D eigenvalue weighted by atomic mass is 16.4. The van der Waals surface area contributed by atoms with Crippen LogP contribution in [0.25, 0.3) is 10.9 Å². The van der Waals surface area contributed by atoms with Crippen molar-refractivity contribution in [1.29, 1.82) is 0 Å². The Bertz CT molecular complexity index is 407. The van der Waals surface area contributed by atoms with Gasteiger partial charge < -0.3 is 9.72 Å². The summed E-state index contributed by atoms with van der Waals surface area (Å²) in [7, 11) is 3.25. The van der Waals surface area contributed by atoms with Crippen LogP contribution in [-0.2, 0) is 4.74 Å². The first kappa shape index (κ1) is 14.4. The smallest absolute Gasteiger partial charge is 0.150 e. The second kappa shape index (κ2) is 8.68. The van der Waals surface area contributed by atoms with Crippen molar-refractivity contribution in [2.75, 3.05) is 14.2 Å². The molecular weight excluding hydrogens is 202 g/mol. The molecule has 0 bridgehead atoms. The topological polar surface area (TPSA) is 42.1 Å². The minimum Gasteiger partial charge on any atom is -0.388 e. The second-order valence-electron chi connectivity index (χ2n) is 2.85. The van der Waals surface area contributed by atoms with E-state index in [1.165, 1.54) is 0 Å². The van der Waals surface area contributed by atoms with Gasteiger partial charge in [-0.15, -0.1) is 0 Å². The zero-order valence-corrected chi connectivity index (χ0v) is 10.3. The summed E-state index contributed by atoms with van der Waals surface area (Å²) >= 11 is 0. The van der Waals surface area contributed by atoms with E-state index in [-0.39, 0.29) is 0 Å². The van der Waals surface area contributed by atoms with E-state index in [0.717, 1.165) is 22.8 Å². The number of aromatic nitrogens is 1. The summed E-state index contributed by atoms with van der Waals surface area (Å²) in [5.74, 6) is 0. The van der Waals surface area contributed by atoms with Gasteiger partial charge in [-0.05, 0) is 24.3 Å². The van der Waals surface area contributed by atoms with E-state index in [1.54, 1.807) is 20.3 Å². The molecule has 0 saturated heterocycles. The maximum Gasteiger partial charge on any atom is 0.150 e. The van der Waals surface area contributed by atoms with Crippen molar-refractivity contribution in [1.82, 2.24) is 4.98 Å². The largest absolute Gasteiger partial charge is 0.388 e. The Morgan fingerprint density at radius 1 is 1.19 bits per heavy atom. The number of aldehydes is 1. The lowest BCUT2D eigenvalue weighted by Gasteiger charge is -1.89. The molecule has 0 amide bonds. The van der Waals surface area contributed by atoms with Crippen LogP contribution in [0, 0.1) is 0 Å². The lowest BCUT2D eigenvalue weighted by atomic mass is 10.2. The van der Waals surface area contributed by atoms with Crippen molar-refractivity contribution >= 4 is 17.2 Å². The van der Waals surface area contributed by atoms with Gasteiger partial charge in [0, 0.05) is 36.9 Å². The van der Waals surface area contributed by atoms with Gasteiger partial charge in [-0.25, -0.2) is 0 Å². The molecule has 1 heterocycles. The SMILES string of the molecule is CC.COC.O=Cc1ccc2[nH]ccc2c1. The molecule has 0 spiro atoms. The number of carbonyl (C=O) groups is 1. The van der Waals surface area contributed by atoms with E-state index in [1.807, 2.05) is 38.2 Å². The molecular formula is C13H19NO2. The molecule has 0 radical (unpaired) electrons. The molecule has 1 N–H and O–H groups in total. The van der Waals surface area contributed by atoms with Crippen LogP contribution in [0.1, 0.15) is 24.2 Å². The standard InChI is InChI=1S/C9H7NO.C2H6O.C2H6/c11-6-7-1-2-9-8(5-7)3-4-10-9;1-3-2;1-2/h1-6,10H;1-2H3;1-2H3. The number of ether oxygens (including phenoxy) is 1. The van der Waals surface area contributed by atoms with Crippen LogP contribution in [0.4, 0.5) is 0 Å². The monoisotopic (exact) mass is 221 g/mol. The Kier molecular flexibility index (Phi) is 7.81. The van der Waals surface area contributed by atoms with Gasteiger partial charge in [-0.2, -0.15) is 0 Å². The third-order valence-corrected chi connectivity index (χ3v) is 1.71. The Morgan fingerprint density at radius 2 is 1.81 bits per heavy atom. The molecule has 3 heteroatoms. The number of carbonyl (C=O) groups excluding carboxylic acids is 1. The third kappa shape index (κ3) is 4.28. The second-order valence-corrected chi connectivity index (χ2v) is 2.85. The normalized spacial score (nSPS) is 8.50. The molecule has 0 aliphatic rings. The molecule has 2 aromatic rings. The number of aromatic amines is 1. The highest BCUT2D eigenvalue weighted by molar-refractivity contribution is 5.86. The molecule has 0 unspecified atom stereocenters. The van der Waals surface area contributed by atoms with Crippen LogP contribution in [0.3, 0.4) is 0 Å². The number of nitrogens with one attached hydrogen (secondary N) is 1. The fraction of sp³-hybridized carbons (Fsp3) is 0.308.